The zero-order valence-electron chi connectivity index (χ0n) is 8.88. The summed E-state index contributed by atoms with van der Waals surface area (Å²) in [7, 11) is 1.45. The third-order valence-corrected chi connectivity index (χ3v) is 1.79. The summed E-state index contributed by atoms with van der Waals surface area (Å²) >= 11 is 0. The van der Waals surface area contributed by atoms with Crippen molar-refractivity contribution in [2.24, 2.45) is 0 Å². The van der Waals surface area contributed by atoms with Crippen LogP contribution in [0.1, 0.15) is 39.5 Å². The Kier molecular flexibility index (Phi) is 7.46. The van der Waals surface area contributed by atoms with E-state index in [4.69, 9.17) is 4.74 Å². The van der Waals surface area contributed by atoms with Crippen LogP contribution in [0, 0.1) is 0 Å². The van der Waals surface area contributed by atoms with Gasteiger partial charge in [-0.25, -0.2) is 0 Å². The molecule has 1 atom stereocenters. The molecule has 0 aliphatic carbocycles. The van der Waals surface area contributed by atoms with Gasteiger partial charge in [-0.2, -0.15) is 0 Å². The second-order valence-corrected chi connectivity index (χ2v) is 3.13. The molecular weight excluding hydrogens is 163 g/mol. The molecule has 74 valence electrons. The fourth-order valence-corrected chi connectivity index (χ4v) is 1.04. The van der Waals surface area contributed by atoms with Gasteiger partial charge in [0.05, 0.1) is 0 Å². The van der Waals surface area contributed by atoms with Gasteiger partial charge >= 0.3 is 0 Å². The predicted octanol–water partition coefficient (Wildman–Crippen LogP) is 2.28. The number of hydrogen-bond acceptors (Lipinski definition) is 2. The molecule has 0 N–H and O–H groups in total. The number of unbranched alkanes of at least 4 members (excludes halogenated alkanes) is 2. The van der Waals surface area contributed by atoms with E-state index in [1.807, 2.05) is 13.0 Å². The van der Waals surface area contributed by atoms with E-state index in [1.165, 1.54) is 20.7 Å². The fourth-order valence-electron chi connectivity index (χ4n) is 1.04. The average Bonchev–Trinajstić information content (AvgIpc) is 2.09. The van der Waals surface area contributed by atoms with Crippen molar-refractivity contribution in [1.82, 2.24) is 0 Å². The average molecular weight is 182 g/mol. The van der Waals surface area contributed by atoms with E-state index in [2.05, 4.69) is 13.0 Å². The zero-order chi connectivity index (χ0) is 10.1. The summed E-state index contributed by atoms with van der Waals surface area (Å²) in [5.74, 6) is -0.202. The Labute approximate surface area is 81.8 Å². The van der Waals surface area contributed by atoms with Crippen LogP contribution in [0.15, 0.2) is 12.2 Å². The molecule has 0 heterocycles. The number of allylic oxidation sites excluding steroid dienone is 1. The van der Waals surface area contributed by atoms with Crippen LogP contribution in [0.25, 0.3) is 0 Å². The fraction of sp³-hybridized carbons (Fsp3) is 0.700. The molecule has 0 aliphatic rings. The van der Waals surface area contributed by atoms with Crippen LogP contribution in [0.4, 0.5) is 4.79 Å². The first-order chi connectivity index (χ1) is 6.20. The van der Waals surface area contributed by atoms with Crippen molar-refractivity contribution in [3.8, 4) is 0 Å². The van der Waals surface area contributed by atoms with Gasteiger partial charge in [-0.1, -0.05) is 32.8 Å². The molecule has 0 spiro atoms. The van der Waals surface area contributed by atoms with E-state index in [9.17, 15) is 4.79 Å². The molecule has 0 saturated carbocycles. The van der Waals surface area contributed by atoms with Crippen LogP contribution in [-0.2, 0) is 4.74 Å². The molecule has 0 saturated heterocycles. The van der Waals surface area contributed by atoms with Gasteiger partial charge in [-0.15, -0.1) is 0 Å². The Morgan fingerprint density at radius 1 is 1.54 bits per heavy atom. The van der Waals surface area contributed by atoms with Gasteiger partial charge in [-0.05, 0) is 18.9 Å². The van der Waals surface area contributed by atoms with Crippen molar-refractivity contribution in [3.63, 3.8) is 0 Å². The maximum atomic E-state index is 10.6. The SMILES string of the molecule is BC(=O)OC(/C=C/CCCC)CC. The summed E-state index contributed by atoms with van der Waals surface area (Å²) in [6, 6.07) is 0. The highest BCUT2D eigenvalue weighted by molar-refractivity contribution is 6.55. The van der Waals surface area contributed by atoms with Gasteiger partial charge in [0.15, 0.2) is 0 Å². The monoisotopic (exact) mass is 182 g/mol. The third-order valence-electron chi connectivity index (χ3n) is 1.79. The minimum absolute atomic E-state index is 0.0330. The smallest absolute Gasteiger partial charge is 0.243 e. The lowest BCUT2D eigenvalue weighted by molar-refractivity contribution is 0.143. The van der Waals surface area contributed by atoms with Crippen molar-refractivity contribution in [2.45, 2.75) is 45.6 Å². The lowest BCUT2D eigenvalue weighted by Crippen LogP contribution is -2.13. The summed E-state index contributed by atoms with van der Waals surface area (Å²) in [6.07, 6.45) is 8.38. The topological polar surface area (TPSA) is 26.3 Å². The van der Waals surface area contributed by atoms with Gasteiger partial charge in [0.1, 0.15) is 6.10 Å². The molecule has 2 nitrogen and oxygen atoms in total. The van der Waals surface area contributed by atoms with Crippen LogP contribution in [0.3, 0.4) is 0 Å². The van der Waals surface area contributed by atoms with Gasteiger partial charge in [0, 0.05) is 0 Å². The highest BCUT2D eigenvalue weighted by Crippen LogP contribution is 2.03. The lowest BCUT2D eigenvalue weighted by atomic mass is 10.1. The van der Waals surface area contributed by atoms with Crippen LogP contribution in [0.2, 0.25) is 0 Å². The quantitative estimate of drug-likeness (QED) is 0.358. The first kappa shape index (κ1) is 12.3. The van der Waals surface area contributed by atoms with Crippen LogP contribution >= 0.6 is 0 Å². The first-order valence-electron chi connectivity index (χ1n) is 5.04. The molecule has 0 aromatic heterocycles. The maximum absolute atomic E-state index is 10.6. The van der Waals surface area contributed by atoms with Crippen LogP contribution in [-0.4, -0.2) is 19.8 Å². The molecule has 1 unspecified atom stereocenters. The van der Waals surface area contributed by atoms with Crippen LogP contribution in [0.5, 0.6) is 0 Å². The molecule has 0 rings (SSSR count). The van der Waals surface area contributed by atoms with E-state index in [1.54, 1.807) is 0 Å². The minimum Gasteiger partial charge on any atom is -0.467 e. The number of ether oxygens (including phenoxy) is 1. The van der Waals surface area contributed by atoms with Gasteiger partial charge in [0.2, 0.25) is 13.7 Å². The first-order valence-corrected chi connectivity index (χ1v) is 5.04. The summed E-state index contributed by atoms with van der Waals surface area (Å²) in [5, 5.41) is 0. The molecule has 3 heteroatoms. The number of carbonyl (C=O) groups excluding carboxylic acids is 1. The summed E-state index contributed by atoms with van der Waals surface area (Å²) in [6.45, 7) is 4.18. The zero-order valence-corrected chi connectivity index (χ0v) is 8.88. The largest absolute Gasteiger partial charge is 0.467 e. The van der Waals surface area contributed by atoms with Crippen molar-refractivity contribution >= 4 is 13.7 Å². The predicted molar refractivity (Wildman–Crippen MR) is 57.8 cm³/mol. The van der Waals surface area contributed by atoms with Gasteiger partial charge in [-0.3, -0.25) is 4.79 Å². The van der Waals surface area contributed by atoms with Crippen molar-refractivity contribution in [1.29, 1.82) is 0 Å². The Morgan fingerprint density at radius 3 is 2.69 bits per heavy atom. The molecule has 13 heavy (non-hydrogen) atoms. The Hall–Kier alpha value is -0.725. The van der Waals surface area contributed by atoms with Crippen molar-refractivity contribution < 1.29 is 9.53 Å². The molecule has 0 amide bonds. The Balaban J connectivity index is 3.69. The van der Waals surface area contributed by atoms with Gasteiger partial charge < -0.3 is 4.74 Å². The van der Waals surface area contributed by atoms with Crippen molar-refractivity contribution in [3.05, 3.63) is 12.2 Å². The van der Waals surface area contributed by atoms with E-state index in [-0.39, 0.29) is 12.0 Å². The third kappa shape index (κ3) is 7.63. The second-order valence-electron chi connectivity index (χ2n) is 3.13. The van der Waals surface area contributed by atoms with Crippen molar-refractivity contribution in [2.75, 3.05) is 0 Å². The van der Waals surface area contributed by atoms with Gasteiger partial charge in [0.25, 0.3) is 0 Å². The van der Waals surface area contributed by atoms with E-state index in [0.717, 1.165) is 12.8 Å². The standard InChI is InChI=1S/C10H19BO2/c1-3-5-6-7-8-9(4-2)13-10(11)12/h7-9H,3-6,11H2,1-2H3/b8-7+. The van der Waals surface area contributed by atoms with E-state index in [0.29, 0.717) is 0 Å². The molecule has 0 bridgehead atoms. The minimum atomic E-state index is -0.202. The molecular formula is C10H19BO2. The summed E-state index contributed by atoms with van der Waals surface area (Å²) in [5.41, 5.74) is 0. The second kappa shape index (κ2) is 7.90. The lowest BCUT2D eigenvalue weighted by Gasteiger charge is -2.10. The van der Waals surface area contributed by atoms with E-state index >= 15 is 0 Å². The normalized spacial score (nSPS) is 13.1. The highest BCUT2D eigenvalue weighted by atomic mass is 16.5. The maximum Gasteiger partial charge on any atom is 0.243 e. The van der Waals surface area contributed by atoms with E-state index < -0.39 is 0 Å². The number of carbonyl (C=O) groups is 1. The molecule has 0 aliphatic heterocycles. The molecule has 0 fully saturated rings. The number of hydrogen-bond donors (Lipinski definition) is 0. The van der Waals surface area contributed by atoms with Crippen LogP contribution < -0.4 is 0 Å². The number of rotatable bonds is 6. The molecule has 0 aromatic rings. The Morgan fingerprint density at radius 2 is 2.23 bits per heavy atom. The summed E-state index contributed by atoms with van der Waals surface area (Å²) in [4.78, 5) is 10.6. The summed E-state index contributed by atoms with van der Waals surface area (Å²) < 4.78 is 5.05. The molecule has 0 aromatic carbocycles. The Bertz CT molecular complexity index is 166. The highest BCUT2D eigenvalue weighted by Gasteiger charge is 2.03. The molecule has 0 radical (unpaired) electrons.